The van der Waals surface area contributed by atoms with Gasteiger partial charge in [0, 0.05) is 19.7 Å². The first kappa shape index (κ1) is 19.1. The molecule has 0 saturated heterocycles. The van der Waals surface area contributed by atoms with Crippen LogP contribution in [-0.2, 0) is 11.3 Å². The molecule has 1 atom stereocenters. The van der Waals surface area contributed by atoms with Crippen molar-refractivity contribution >= 4 is 17.7 Å². The second-order valence-corrected chi connectivity index (χ2v) is 7.69. The molecule has 0 aliphatic rings. The number of aromatic nitrogens is 3. The van der Waals surface area contributed by atoms with Crippen molar-refractivity contribution in [3.05, 3.63) is 66.0 Å². The van der Waals surface area contributed by atoms with Crippen LogP contribution in [-0.4, -0.2) is 44.9 Å². The molecule has 3 aromatic rings. The van der Waals surface area contributed by atoms with Crippen LogP contribution in [0.25, 0.3) is 11.4 Å². The Morgan fingerprint density at radius 1 is 1.11 bits per heavy atom. The van der Waals surface area contributed by atoms with Crippen LogP contribution in [0.2, 0.25) is 0 Å². The second kappa shape index (κ2) is 8.35. The van der Waals surface area contributed by atoms with Gasteiger partial charge in [0.2, 0.25) is 5.91 Å². The molecule has 7 heteroatoms. The fourth-order valence-corrected chi connectivity index (χ4v) is 3.66. The summed E-state index contributed by atoms with van der Waals surface area (Å²) in [5, 5.41) is 8.98. The zero-order valence-corrected chi connectivity index (χ0v) is 16.3. The molecule has 5 nitrogen and oxygen atoms in total. The Bertz CT molecular complexity index is 909. The van der Waals surface area contributed by atoms with Crippen LogP contribution < -0.4 is 0 Å². The molecule has 1 heterocycles. The summed E-state index contributed by atoms with van der Waals surface area (Å²) in [4.78, 5) is 13.8. The molecule has 0 saturated carbocycles. The summed E-state index contributed by atoms with van der Waals surface area (Å²) < 4.78 is 15.3. The van der Waals surface area contributed by atoms with Gasteiger partial charge < -0.3 is 4.90 Å². The molecule has 0 spiro atoms. The Kier molecular flexibility index (Phi) is 5.91. The van der Waals surface area contributed by atoms with Gasteiger partial charge in [-0.2, -0.15) is 0 Å². The molecule has 0 fully saturated rings. The van der Waals surface area contributed by atoms with Crippen LogP contribution in [0.4, 0.5) is 4.39 Å². The van der Waals surface area contributed by atoms with E-state index in [0.717, 1.165) is 11.1 Å². The predicted molar refractivity (Wildman–Crippen MR) is 105 cm³/mol. The van der Waals surface area contributed by atoms with E-state index in [-0.39, 0.29) is 17.0 Å². The molecule has 0 aliphatic heterocycles. The molecule has 0 bridgehead atoms. The molecule has 2 aromatic carbocycles. The Morgan fingerprint density at radius 3 is 2.41 bits per heavy atom. The van der Waals surface area contributed by atoms with Crippen LogP contribution in [0.1, 0.15) is 12.5 Å². The van der Waals surface area contributed by atoms with Gasteiger partial charge >= 0.3 is 0 Å². The Hall–Kier alpha value is -2.67. The number of hydrogen-bond acceptors (Lipinski definition) is 4. The van der Waals surface area contributed by atoms with Crippen molar-refractivity contribution in [3.8, 4) is 11.4 Å². The van der Waals surface area contributed by atoms with E-state index >= 15 is 0 Å². The maximum absolute atomic E-state index is 13.3. The SMILES string of the molecule is C[C@@H](Sc1nnc(-c2ccc(F)cc2)n1Cc1ccccc1)C(=O)N(C)C. The van der Waals surface area contributed by atoms with Crippen molar-refractivity contribution in [2.45, 2.75) is 23.9 Å². The maximum Gasteiger partial charge on any atom is 0.235 e. The highest BCUT2D eigenvalue weighted by Gasteiger charge is 2.22. The molecule has 1 amide bonds. The van der Waals surface area contributed by atoms with Gasteiger partial charge in [-0.1, -0.05) is 42.1 Å². The second-order valence-electron chi connectivity index (χ2n) is 6.38. The number of thioether (sulfide) groups is 1. The quantitative estimate of drug-likeness (QED) is 0.608. The minimum absolute atomic E-state index is 0.0117. The lowest BCUT2D eigenvalue weighted by Gasteiger charge is -2.17. The Balaban J connectivity index is 1.97. The lowest BCUT2D eigenvalue weighted by Crippen LogP contribution is -2.29. The molecule has 140 valence electrons. The lowest BCUT2D eigenvalue weighted by molar-refractivity contribution is -0.127. The summed E-state index contributed by atoms with van der Waals surface area (Å²) in [5.74, 6) is 0.358. The van der Waals surface area contributed by atoms with E-state index in [4.69, 9.17) is 0 Å². The standard InChI is InChI=1S/C20H21FN4OS/c1-14(19(26)24(2)3)27-20-23-22-18(16-9-11-17(21)12-10-16)25(20)13-15-7-5-4-6-8-15/h4-12,14H,13H2,1-3H3/t14-/m1/s1. The van der Waals surface area contributed by atoms with Crippen LogP contribution in [0.3, 0.4) is 0 Å². The van der Waals surface area contributed by atoms with Gasteiger partial charge in [0.15, 0.2) is 11.0 Å². The van der Waals surface area contributed by atoms with E-state index in [1.165, 1.54) is 23.9 Å². The molecule has 1 aromatic heterocycles. The van der Waals surface area contributed by atoms with Gasteiger partial charge in [-0.3, -0.25) is 9.36 Å². The maximum atomic E-state index is 13.3. The summed E-state index contributed by atoms with van der Waals surface area (Å²) >= 11 is 1.37. The summed E-state index contributed by atoms with van der Waals surface area (Å²) in [7, 11) is 3.47. The molecule has 27 heavy (non-hydrogen) atoms. The molecular formula is C20H21FN4OS. The largest absolute Gasteiger partial charge is 0.348 e. The van der Waals surface area contributed by atoms with Crippen LogP contribution in [0, 0.1) is 5.82 Å². The van der Waals surface area contributed by atoms with Crippen LogP contribution >= 0.6 is 11.8 Å². The molecule has 3 rings (SSSR count). The Labute approximate surface area is 162 Å². The van der Waals surface area contributed by atoms with Gasteiger partial charge in [-0.25, -0.2) is 4.39 Å². The predicted octanol–water partition coefficient (Wildman–Crippen LogP) is 3.70. The van der Waals surface area contributed by atoms with Crippen molar-refractivity contribution in [1.82, 2.24) is 19.7 Å². The summed E-state index contributed by atoms with van der Waals surface area (Å²) in [6, 6.07) is 16.1. The third-order valence-electron chi connectivity index (χ3n) is 4.07. The average Bonchev–Trinajstić information content (AvgIpc) is 3.04. The first-order chi connectivity index (χ1) is 13.0. The fraction of sp³-hybridized carbons (Fsp3) is 0.250. The number of carbonyl (C=O) groups is 1. The number of rotatable bonds is 6. The lowest BCUT2D eigenvalue weighted by atomic mass is 10.2. The van der Waals surface area contributed by atoms with Crippen molar-refractivity contribution in [2.75, 3.05) is 14.1 Å². The van der Waals surface area contributed by atoms with Gasteiger partial charge in [-0.15, -0.1) is 10.2 Å². The van der Waals surface area contributed by atoms with Crippen molar-refractivity contribution in [2.24, 2.45) is 0 Å². The molecule has 0 N–H and O–H groups in total. The van der Waals surface area contributed by atoms with Crippen molar-refractivity contribution < 1.29 is 9.18 Å². The number of halogens is 1. The van der Waals surface area contributed by atoms with E-state index in [1.807, 2.05) is 41.8 Å². The topological polar surface area (TPSA) is 51.0 Å². The molecule has 0 unspecified atom stereocenters. The third kappa shape index (κ3) is 4.54. The van der Waals surface area contributed by atoms with E-state index in [9.17, 15) is 9.18 Å². The highest BCUT2D eigenvalue weighted by atomic mass is 32.2. The summed E-state index contributed by atoms with van der Waals surface area (Å²) in [6.45, 7) is 2.41. The van der Waals surface area contributed by atoms with Crippen molar-refractivity contribution in [1.29, 1.82) is 0 Å². The van der Waals surface area contributed by atoms with E-state index in [2.05, 4.69) is 10.2 Å². The zero-order valence-electron chi connectivity index (χ0n) is 15.5. The summed E-state index contributed by atoms with van der Waals surface area (Å²) in [5.41, 5.74) is 1.87. The van der Waals surface area contributed by atoms with Gasteiger partial charge in [-0.05, 0) is 36.8 Å². The third-order valence-corrected chi connectivity index (χ3v) is 5.14. The molecule has 0 aliphatic carbocycles. The van der Waals surface area contributed by atoms with Crippen LogP contribution in [0.5, 0.6) is 0 Å². The normalized spacial score (nSPS) is 12.0. The van der Waals surface area contributed by atoms with Crippen LogP contribution in [0.15, 0.2) is 59.8 Å². The first-order valence-electron chi connectivity index (χ1n) is 8.56. The minimum atomic E-state index is -0.298. The smallest absolute Gasteiger partial charge is 0.235 e. The Morgan fingerprint density at radius 2 is 1.78 bits per heavy atom. The first-order valence-corrected chi connectivity index (χ1v) is 9.44. The highest BCUT2D eigenvalue weighted by molar-refractivity contribution is 8.00. The van der Waals surface area contributed by atoms with Gasteiger partial charge in [0.25, 0.3) is 0 Å². The zero-order chi connectivity index (χ0) is 19.4. The number of hydrogen-bond donors (Lipinski definition) is 0. The summed E-state index contributed by atoms with van der Waals surface area (Å²) in [6.07, 6.45) is 0. The average molecular weight is 384 g/mol. The number of benzene rings is 2. The van der Waals surface area contributed by atoms with E-state index in [1.54, 1.807) is 31.1 Å². The number of carbonyl (C=O) groups excluding carboxylic acids is 1. The highest BCUT2D eigenvalue weighted by Crippen LogP contribution is 2.28. The van der Waals surface area contributed by atoms with E-state index < -0.39 is 0 Å². The number of amides is 1. The van der Waals surface area contributed by atoms with Crippen molar-refractivity contribution in [3.63, 3.8) is 0 Å². The van der Waals surface area contributed by atoms with E-state index in [0.29, 0.717) is 17.5 Å². The van der Waals surface area contributed by atoms with Gasteiger partial charge in [0.05, 0.1) is 11.8 Å². The fourth-order valence-electron chi connectivity index (χ4n) is 2.67. The minimum Gasteiger partial charge on any atom is -0.348 e. The number of nitrogens with zero attached hydrogens (tertiary/aromatic N) is 4. The molecule has 0 radical (unpaired) electrons. The monoisotopic (exact) mass is 384 g/mol. The van der Waals surface area contributed by atoms with Gasteiger partial charge in [0.1, 0.15) is 5.82 Å². The molecular weight excluding hydrogens is 363 g/mol.